The normalized spacial score (nSPS) is 10.9. The summed E-state index contributed by atoms with van der Waals surface area (Å²) in [5, 5.41) is 5.55. The molecule has 0 atom stereocenters. The van der Waals surface area contributed by atoms with Crippen LogP contribution in [0.25, 0.3) is 0 Å². The molecule has 0 unspecified atom stereocenters. The molecule has 0 bridgehead atoms. The lowest BCUT2D eigenvalue weighted by Gasteiger charge is -2.02. The lowest BCUT2D eigenvalue weighted by atomic mass is 10.4. The fraction of sp³-hybridized carbons (Fsp3) is 0.333. The van der Waals surface area contributed by atoms with Crippen molar-refractivity contribution in [2.24, 2.45) is 0 Å². The number of aryl methyl sites for hydroxylation is 1. The van der Waals surface area contributed by atoms with Gasteiger partial charge in [0.05, 0.1) is 6.26 Å². The number of furan rings is 1. The van der Waals surface area contributed by atoms with Crippen molar-refractivity contribution in [3.63, 3.8) is 0 Å². The first-order valence-corrected chi connectivity index (χ1v) is 8.02. The molecular weight excluding hydrogens is 318 g/mol. The van der Waals surface area contributed by atoms with Crippen LogP contribution < -0.4 is 5.32 Å². The molecule has 2 heterocycles. The van der Waals surface area contributed by atoms with E-state index in [2.05, 4.69) is 32.7 Å². The molecule has 0 amide bonds. The molecule has 0 radical (unpaired) electrons. The molecule has 2 rings (SSSR count). The first-order chi connectivity index (χ1) is 8.25. The molecule has 2 aromatic rings. The summed E-state index contributed by atoms with van der Waals surface area (Å²) < 4.78 is 6.42. The van der Waals surface area contributed by atoms with E-state index in [9.17, 15) is 0 Å². The van der Waals surface area contributed by atoms with Gasteiger partial charge in [0.25, 0.3) is 0 Å². The van der Waals surface area contributed by atoms with Crippen molar-refractivity contribution < 1.29 is 4.42 Å². The van der Waals surface area contributed by atoms with Crippen LogP contribution in [0.1, 0.15) is 10.6 Å². The second-order valence-corrected chi connectivity index (χ2v) is 6.65. The van der Waals surface area contributed by atoms with Crippen molar-refractivity contribution in [2.45, 2.75) is 18.4 Å². The second-order valence-electron chi connectivity index (χ2n) is 3.60. The van der Waals surface area contributed by atoms with Gasteiger partial charge in [-0.3, -0.25) is 0 Å². The van der Waals surface area contributed by atoms with Crippen LogP contribution in [-0.4, -0.2) is 12.3 Å². The van der Waals surface area contributed by atoms with Crippen LogP contribution in [0.2, 0.25) is 0 Å². The minimum Gasteiger partial charge on any atom is -0.468 e. The molecule has 0 aromatic carbocycles. The predicted molar refractivity (Wildman–Crippen MR) is 77.9 cm³/mol. The lowest BCUT2D eigenvalue weighted by Crippen LogP contribution is -2.15. The van der Waals surface area contributed by atoms with Crippen molar-refractivity contribution in [3.8, 4) is 0 Å². The summed E-state index contributed by atoms with van der Waals surface area (Å²) in [5.41, 5.74) is 0. The van der Waals surface area contributed by atoms with Crippen molar-refractivity contribution in [2.75, 3.05) is 12.3 Å². The average molecular weight is 332 g/mol. The van der Waals surface area contributed by atoms with Gasteiger partial charge in [0.2, 0.25) is 0 Å². The maximum absolute atomic E-state index is 5.25. The van der Waals surface area contributed by atoms with Crippen molar-refractivity contribution >= 4 is 39.0 Å². The molecule has 1 N–H and O–H groups in total. The van der Waals surface area contributed by atoms with Crippen LogP contribution in [0.3, 0.4) is 0 Å². The predicted octanol–water partition coefficient (Wildman–Crippen LogP) is 4.29. The summed E-state index contributed by atoms with van der Waals surface area (Å²) in [6, 6.07) is 4.18. The van der Waals surface area contributed by atoms with E-state index in [0.717, 1.165) is 24.6 Å². The van der Waals surface area contributed by atoms with Gasteiger partial charge in [0.15, 0.2) is 0 Å². The molecule has 0 aliphatic rings. The topological polar surface area (TPSA) is 25.2 Å². The molecule has 92 valence electrons. The van der Waals surface area contributed by atoms with E-state index in [1.807, 2.05) is 24.8 Å². The van der Waals surface area contributed by atoms with Crippen LogP contribution in [0.5, 0.6) is 0 Å². The molecule has 17 heavy (non-hydrogen) atoms. The van der Waals surface area contributed by atoms with Gasteiger partial charge in [-0.05, 0) is 35.0 Å². The Kier molecular flexibility index (Phi) is 5.16. The third-order valence-electron chi connectivity index (χ3n) is 2.27. The molecular formula is C12H14BrNOS2. The highest BCUT2D eigenvalue weighted by Crippen LogP contribution is 2.22. The quantitative estimate of drug-likeness (QED) is 0.631. The molecule has 0 fully saturated rings. The molecule has 0 spiro atoms. The van der Waals surface area contributed by atoms with E-state index in [-0.39, 0.29) is 0 Å². The molecule has 5 heteroatoms. The van der Waals surface area contributed by atoms with Crippen LogP contribution >= 0.6 is 39.0 Å². The number of hydrogen-bond donors (Lipinski definition) is 1. The highest BCUT2D eigenvalue weighted by atomic mass is 79.9. The number of halogens is 1. The van der Waals surface area contributed by atoms with E-state index in [4.69, 9.17) is 4.42 Å². The van der Waals surface area contributed by atoms with E-state index in [1.54, 1.807) is 17.6 Å². The Balaban J connectivity index is 1.62. The number of hydrogen-bond acceptors (Lipinski definition) is 4. The van der Waals surface area contributed by atoms with E-state index >= 15 is 0 Å². The minimum atomic E-state index is 0.946. The number of thioether (sulfide) groups is 1. The summed E-state index contributed by atoms with van der Waals surface area (Å²) in [6.07, 6.45) is 1.74. The number of nitrogens with one attached hydrogen (secondary N) is 1. The molecule has 0 saturated carbocycles. The Morgan fingerprint density at radius 1 is 1.53 bits per heavy atom. The fourth-order valence-corrected chi connectivity index (χ4v) is 3.70. The largest absolute Gasteiger partial charge is 0.468 e. The Labute approximate surface area is 118 Å². The minimum absolute atomic E-state index is 0.946. The van der Waals surface area contributed by atoms with Gasteiger partial charge in [-0.15, -0.1) is 23.1 Å². The SMILES string of the molecule is Cc1occc1SCCNCc1cc(Br)cs1. The Morgan fingerprint density at radius 3 is 3.06 bits per heavy atom. The van der Waals surface area contributed by atoms with E-state index in [0.29, 0.717) is 0 Å². The second kappa shape index (κ2) is 6.64. The van der Waals surface area contributed by atoms with Crippen molar-refractivity contribution in [1.82, 2.24) is 5.32 Å². The van der Waals surface area contributed by atoms with Crippen molar-refractivity contribution in [1.29, 1.82) is 0 Å². The zero-order valence-corrected chi connectivity index (χ0v) is 12.8. The summed E-state index contributed by atoms with van der Waals surface area (Å²) >= 11 is 7.07. The zero-order valence-electron chi connectivity index (χ0n) is 9.53. The summed E-state index contributed by atoms with van der Waals surface area (Å²) in [6.45, 7) is 3.95. The first-order valence-electron chi connectivity index (χ1n) is 5.36. The van der Waals surface area contributed by atoms with Gasteiger partial charge < -0.3 is 9.73 Å². The van der Waals surface area contributed by atoms with Gasteiger partial charge in [0, 0.05) is 38.5 Å². The Hall–Kier alpha value is -0.230. The van der Waals surface area contributed by atoms with Crippen LogP contribution in [-0.2, 0) is 6.54 Å². The molecule has 2 aromatic heterocycles. The van der Waals surface area contributed by atoms with E-state index in [1.165, 1.54) is 14.2 Å². The van der Waals surface area contributed by atoms with Gasteiger partial charge in [-0.1, -0.05) is 0 Å². The first kappa shape index (κ1) is 13.2. The summed E-state index contributed by atoms with van der Waals surface area (Å²) in [5.74, 6) is 2.07. The number of rotatable bonds is 6. The van der Waals surface area contributed by atoms with E-state index < -0.39 is 0 Å². The van der Waals surface area contributed by atoms with Gasteiger partial charge in [-0.25, -0.2) is 0 Å². The van der Waals surface area contributed by atoms with Crippen LogP contribution in [0, 0.1) is 6.92 Å². The highest BCUT2D eigenvalue weighted by Gasteiger charge is 2.01. The Morgan fingerprint density at radius 2 is 2.41 bits per heavy atom. The molecule has 2 nitrogen and oxygen atoms in total. The highest BCUT2D eigenvalue weighted by molar-refractivity contribution is 9.10. The number of thiophene rings is 1. The molecule has 0 aliphatic heterocycles. The average Bonchev–Trinajstić information content (AvgIpc) is 2.88. The Bertz CT molecular complexity index is 467. The maximum Gasteiger partial charge on any atom is 0.114 e. The standard InChI is InChI=1S/C12H14BrNOS2/c1-9-12(2-4-15-9)16-5-3-14-7-11-6-10(13)8-17-11/h2,4,6,8,14H,3,5,7H2,1H3. The van der Waals surface area contributed by atoms with Crippen LogP contribution in [0.15, 0.2) is 37.6 Å². The van der Waals surface area contributed by atoms with Crippen LogP contribution in [0.4, 0.5) is 0 Å². The monoisotopic (exact) mass is 331 g/mol. The maximum atomic E-state index is 5.25. The third-order valence-corrected chi connectivity index (χ3v) is 5.11. The van der Waals surface area contributed by atoms with Gasteiger partial charge >= 0.3 is 0 Å². The van der Waals surface area contributed by atoms with Gasteiger partial charge in [-0.2, -0.15) is 0 Å². The van der Waals surface area contributed by atoms with Crippen molar-refractivity contribution in [3.05, 3.63) is 38.9 Å². The molecule has 0 aliphatic carbocycles. The third kappa shape index (κ3) is 4.17. The van der Waals surface area contributed by atoms with Gasteiger partial charge in [0.1, 0.15) is 5.76 Å². The zero-order chi connectivity index (χ0) is 12.1. The summed E-state index contributed by atoms with van der Waals surface area (Å²) in [4.78, 5) is 2.60. The summed E-state index contributed by atoms with van der Waals surface area (Å²) in [7, 11) is 0. The molecule has 0 saturated heterocycles. The fourth-order valence-electron chi connectivity index (χ4n) is 1.41. The smallest absolute Gasteiger partial charge is 0.114 e. The lowest BCUT2D eigenvalue weighted by molar-refractivity contribution is 0.527.